The predicted octanol–water partition coefficient (Wildman–Crippen LogP) is 3.77. The highest BCUT2D eigenvalue weighted by molar-refractivity contribution is 6.10. The van der Waals surface area contributed by atoms with Crippen LogP contribution >= 0.6 is 0 Å². The molecule has 6 nitrogen and oxygen atoms in total. The number of anilines is 2. The number of hydrogen-bond donors (Lipinski definition) is 2. The van der Waals surface area contributed by atoms with Crippen molar-refractivity contribution in [1.82, 2.24) is 4.90 Å². The topological polar surface area (TPSA) is 70.7 Å². The van der Waals surface area contributed by atoms with E-state index in [9.17, 15) is 9.59 Å². The van der Waals surface area contributed by atoms with Gasteiger partial charge in [-0.1, -0.05) is 48.5 Å². The number of nitrogens with zero attached hydrogens (tertiary/aromatic N) is 1. The summed E-state index contributed by atoms with van der Waals surface area (Å²) in [6.45, 7) is 2.03. The van der Waals surface area contributed by atoms with Crippen molar-refractivity contribution < 1.29 is 14.3 Å². The Morgan fingerprint density at radius 3 is 2.47 bits per heavy atom. The van der Waals surface area contributed by atoms with Gasteiger partial charge in [-0.2, -0.15) is 0 Å². The van der Waals surface area contributed by atoms with Crippen molar-refractivity contribution in [3.8, 4) is 5.75 Å². The number of benzene rings is 3. The molecule has 0 atom stereocenters. The standard InChI is InChI=1S/C24H23N3O3/c28-23(17-27-14-15-30-22-13-7-4-8-18(22)16-27)26-21-12-6-5-11-20(21)24(29)25-19-9-2-1-3-10-19/h1-13H,14-17H2,(H,25,29)(H,26,28). The van der Waals surface area contributed by atoms with Crippen LogP contribution in [0.2, 0.25) is 0 Å². The second-order valence-corrected chi connectivity index (χ2v) is 7.08. The normalized spacial score (nSPS) is 13.5. The van der Waals surface area contributed by atoms with Crippen molar-refractivity contribution in [2.45, 2.75) is 6.54 Å². The monoisotopic (exact) mass is 401 g/mol. The number of nitrogens with one attached hydrogen (secondary N) is 2. The maximum absolute atomic E-state index is 12.7. The Hall–Kier alpha value is -3.64. The number of ether oxygens (including phenoxy) is 1. The van der Waals surface area contributed by atoms with E-state index in [0.29, 0.717) is 36.6 Å². The molecule has 30 heavy (non-hydrogen) atoms. The van der Waals surface area contributed by atoms with Crippen LogP contribution in [0.1, 0.15) is 15.9 Å². The molecule has 0 fully saturated rings. The van der Waals surface area contributed by atoms with Crippen LogP contribution in [0.4, 0.5) is 11.4 Å². The lowest BCUT2D eigenvalue weighted by Crippen LogP contribution is -2.34. The van der Waals surface area contributed by atoms with Crippen molar-refractivity contribution in [2.24, 2.45) is 0 Å². The highest BCUT2D eigenvalue weighted by Gasteiger charge is 2.19. The van der Waals surface area contributed by atoms with Gasteiger partial charge in [-0.05, 0) is 30.3 Å². The Labute approximate surface area is 175 Å². The fraction of sp³-hybridized carbons (Fsp3) is 0.167. The number of hydrogen-bond acceptors (Lipinski definition) is 4. The van der Waals surface area contributed by atoms with Crippen LogP contribution in [0.25, 0.3) is 0 Å². The first-order valence-corrected chi connectivity index (χ1v) is 9.87. The fourth-order valence-corrected chi connectivity index (χ4v) is 3.42. The molecule has 0 radical (unpaired) electrons. The zero-order chi connectivity index (χ0) is 20.8. The molecule has 1 aliphatic heterocycles. The number of rotatable bonds is 5. The molecule has 152 valence electrons. The van der Waals surface area contributed by atoms with E-state index in [1.807, 2.05) is 59.5 Å². The van der Waals surface area contributed by atoms with E-state index in [2.05, 4.69) is 10.6 Å². The maximum Gasteiger partial charge on any atom is 0.257 e. The first-order chi connectivity index (χ1) is 14.7. The van der Waals surface area contributed by atoms with Gasteiger partial charge in [-0.25, -0.2) is 0 Å². The van der Waals surface area contributed by atoms with Crippen LogP contribution in [-0.4, -0.2) is 36.4 Å². The molecule has 4 rings (SSSR count). The van der Waals surface area contributed by atoms with Gasteiger partial charge in [0.2, 0.25) is 5.91 Å². The average Bonchev–Trinajstić information content (AvgIpc) is 2.96. The minimum atomic E-state index is -0.269. The van der Waals surface area contributed by atoms with Gasteiger partial charge in [0.1, 0.15) is 12.4 Å². The fourth-order valence-electron chi connectivity index (χ4n) is 3.42. The molecule has 0 saturated heterocycles. The quantitative estimate of drug-likeness (QED) is 0.683. The summed E-state index contributed by atoms with van der Waals surface area (Å²) in [7, 11) is 0. The molecular weight excluding hydrogens is 378 g/mol. The van der Waals surface area contributed by atoms with E-state index in [-0.39, 0.29) is 18.4 Å². The number of para-hydroxylation sites is 3. The van der Waals surface area contributed by atoms with Crippen molar-refractivity contribution in [1.29, 1.82) is 0 Å². The van der Waals surface area contributed by atoms with Crippen LogP contribution < -0.4 is 15.4 Å². The third-order valence-corrected chi connectivity index (χ3v) is 4.88. The lowest BCUT2D eigenvalue weighted by atomic mass is 10.1. The first-order valence-electron chi connectivity index (χ1n) is 9.87. The van der Waals surface area contributed by atoms with E-state index in [0.717, 1.165) is 11.3 Å². The Bertz CT molecular complexity index is 1040. The number of fused-ring (bicyclic) bond motifs is 1. The summed E-state index contributed by atoms with van der Waals surface area (Å²) in [4.78, 5) is 27.4. The minimum absolute atomic E-state index is 0.172. The molecule has 3 aromatic carbocycles. The van der Waals surface area contributed by atoms with Crippen LogP contribution in [0.15, 0.2) is 78.9 Å². The largest absolute Gasteiger partial charge is 0.492 e. The predicted molar refractivity (Wildman–Crippen MR) is 117 cm³/mol. The molecule has 0 spiro atoms. The Balaban J connectivity index is 1.42. The van der Waals surface area contributed by atoms with E-state index in [4.69, 9.17) is 4.74 Å². The summed E-state index contributed by atoms with van der Waals surface area (Å²) in [5.41, 5.74) is 2.67. The molecule has 0 aliphatic carbocycles. The maximum atomic E-state index is 12.7. The molecule has 6 heteroatoms. The number of amides is 2. The zero-order valence-electron chi connectivity index (χ0n) is 16.5. The minimum Gasteiger partial charge on any atom is -0.492 e. The molecule has 1 aliphatic rings. The summed E-state index contributed by atoms with van der Waals surface area (Å²) in [6, 6.07) is 24.1. The molecular formula is C24H23N3O3. The van der Waals surface area contributed by atoms with E-state index in [1.165, 1.54) is 0 Å². The molecule has 1 heterocycles. The van der Waals surface area contributed by atoms with Gasteiger partial charge in [-0.15, -0.1) is 0 Å². The molecule has 0 bridgehead atoms. The first kappa shape index (κ1) is 19.7. The van der Waals surface area contributed by atoms with Crippen LogP contribution in [-0.2, 0) is 11.3 Å². The Kier molecular flexibility index (Phi) is 6.06. The number of carbonyl (C=O) groups is 2. The summed E-state index contributed by atoms with van der Waals surface area (Å²) in [5, 5.41) is 5.74. The van der Waals surface area contributed by atoms with Crippen molar-refractivity contribution in [2.75, 3.05) is 30.3 Å². The zero-order valence-corrected chi connectivity index (χ0v) is 16.5. The summed E-state index contributed by atoms with van der Waals surface area (Å²) in [6.07, 6.45) is 0. The Morgan fingerprint density at radius 2 is 1.60 bits per heavy atom. The van der Waals surface area contributed by atoms with E-state index in [1.54, 1.807) is 24.3 Å². The van der Waals surface area contributed by atoms with Gasteiger partial charge >= 0.3 is 0 Å². The van der Waals surface area contributed by atoms with Gasteiger partial charge in [0, 0.05) is 24.3 Å². The molecule has 0 aromatic heterocycles. The molecule has 2 N–H and O–H groups in total. The Morgan fingerprint density at radius 1 is 0.867 bits per heavy atom. The van der Waals surface area contributed by atoms with Crippen molar-refractivity contribution in [3.05, 3.63) is 90.0 Å². The number of carbonyl (C=O) groups excluding carboxylic acids is 2. The second kappa shape index (κ2) is 9.24. The average molecular weight is 401 g/mol. The lowest BCUT2D eigenvalue weighted by molar-refractivity contribution is -0.117. The van der Waals surface area contributed by atoms with Crippen molar-refractivity contribution in [3.63, 3.8) is 0 Å². The lowest BCUT2D eigenvalue weighted by Gasteiger charge is -2.19. The van der Waals surface area contributed by atoms with Gasteiger partial charge in [0.25, 0.3) is 5.91 Å². The van der Waals surface area contributed by atoms with Gasteiger partial charge in [-0.3, -0.25) is 14.5 Å². The smallest absolute Gasteiger partial charge is 0.257 e. The van der Waals surface area contributed by atoms with Gasteiger partial charge in [0.15, 0.2) is 0 Å². The molecule has 0 unspecified atom stereocenters. The van der Waals surface area contributed by atoms with E-state index >= 15 is 0 Å². The second-order valence-electron chi connectivity index (χ2n) is 7.08. The highest BCUT2D eigenvalue weighted by atomic mass is 16.5. The highest BCUT2D eigenvalue weighted by Crippen LogP contribution is 2.22. The third-order valence-electron chi connectivity index (χ3n) is 4.88. The van der Waals surface area contributed by atoms with Gasteiger partial charge < -0.3 is 15.4 Å². The van der Waals surface area contributed by atoms with Crippen LogP contribution in [0.3, 0.4) is 0 Å². The van der Waals surface area contributed by atoms with Crippen LogP contribution in [0, 0.1) is 0 Å². The molecule has 0 saturated carbocycles. The molecule has 2 amide bonds. The summed E-state index contributed by atoms with van der Waals surface area (Å²) < 4.78 is 5.76. The van der Waals surface area contributed by atoms with Gasteiger partial charge in [0.05, 0.1) is 17.8 Å². The van der Waals surface area contributed by atoms with Crippen LogP contribution in [0.5, 0.6) is 5.75 Å². The third kappa shape index (κ3) is 4.85. The SMILES string of the molecule is O=C(CN1CCOc2ccccc2C1)Nc1ccccc1C(=O)Nc1ccccc1. The summed E-state index contributed by atoms with van der Waals surface area (Å²) in [5.74, 6) is 0.423. The van der Waals surface area contributed by atoms with E-state index < -0.39 is 0 Å². The summed E-state index contributed by atoms with van der Waals surface area (Å²) >= 11 is 0. The van der Waals surface area contributed by atoms with Crippen molar-refractivity contribution >= 4 is 23.2 Å². The molecule has 3 aromatic rings.